The van der Waals surface area contributed by atoms with Crippen molar-refractivity contribution in [3.8, 4) is 11.5 Å². The summed E-state index contributed by atoms with van der Waals surface area (Å²) >= 11 is 3.15. The van der Waals surface area contributed by atoms with E-state index in [1.54, 1.807) is 18.2 Å². The maximum Gasteiger partial charge on any atom is 0.283 e. The lowest BCUT2D eigenvalue weighted by Crippen LogP contribution is -1.98. The monoisotopic (exact) mass is 351 g/mol. The van der Waals surface area contributed by atoms with Gasteiger partial charge in [-0.1, -0.05) is 12.1 Å². The fourth-order valence-corrected chi connectivity index (χ4v) is 2.17. The summed E-state index contributed by atoms with van der Waals surface area (Å²) in [5.41, 5.74) is 0.755. The van der Waals surface area contributed by atoms with Gasteiger partial charge in [0.15, 0.2) is 0 Å². The first-order valence-electron chi connectivity index (χ1n) is 6.38. The number of halogens is 1. The van der Waals surface area contributed by atoms with E-state index in [9.17, 15) is 10.1 Å². The molecule has 6 heteroatoms. The molecule has 21 heavy (non-hydrogen) atoms. The molecule has 110 valence electrons. The zero-order chi connectivity index (χ0) is 15.2. The molecule has 0 amide bonds. The molecule has 5 nitrogen and oxygen atoms in total. The molecule has 0 atom stereocenters. The molecule has 0 radical (unpaired) electrons. The zero-order valence-electron chi connectivity index (χ0n) is 11.4. The SMILES string of the molecule is CCOc1cccc(OCc2ccc(Br)c([N+](=O)[O-])c2)c1. The summed E-state index contributed by atoms with van der Waals surface area (Å²) in [5.74, 6) is 1.39. The number of hydrogen-bond donors (Lipinski definition) is 0. The van der Waals surface area contributed by atoms with Crippen molar-refractivity contribution >= 4 is 21.6 Å². The average Bonchev–Trinajstić information content (AvgIpc) is 2.47. The van der Waals surface area contributed by atoms with Crippen molar-refractivity contribution in [3.05, 3.63) is 62.6 Å². The fraction of sp³-hybridized carbons (Fsp3) is 0.200. The van der Waals surface area contributed by atoms with E-state index < -0.39 is 4.92 Å². The predicted octanol–water partition coefficient (Wildman–Crippen LogP) is 4.34. The number of nitro groups is 1. The Kier molecular flexibility index (Phi) is 5.16. The van der Waals surface area contributed by atoms with Crippen LogP contribution in [0.5, 0.6) is 11.5 Å². The minimum absolute atomic E-state index is 0.0270. The molecule has 2 aromatic carbocycles. The summed E-state index contributed by atoms with van der Waals surface area (Å²) in [6.07, 6.45) is 0. The summed E-state index contributed by atoms with van der Waals surface area (Å²) in [5, 5.41) is 10.9. The van der Waals surface area contributed by atoms with Gasteiger partial charge < -0.3 is 9.47 Å². The first-order valence-corrected chi connectivity index (χ1v) is 7.18. The Morgan fingerprint density at radius 1 is 1.14 bits per heavy atom. The van der Waals surface area contributed by atoms with Crippen LogP contribution in [0.4, 0.5) is 5.69 Å². The molecule has 0 fully saturated rings. The Labute approximate surface area is 130 Å². The second-order valence-electron chi connectivity index (χ2n) is 4.24. The minimum Gasteiger partial charge on any atom is -0.494 e. The lowest BCUT2D eigenvalue weighted by Gasteiger charge is -2.09. The van der Waals surface area contributed by atoms with E-state index in [4.69, 9.17) is 9.47 Å². The maximum atomic E-state index is 10.9. The van der Waals surface area contributed by atoms with E-state index in [-0.39, 0.29) is 12.3 Å². The van der Waals surface area contributed by atoms with Gasteiger partial charge in [0.2, 0.25) is 0 Å². The molecule has 0 bridgehead atoms. The van der Waals surface area contributed by atoms with Crippen molar-refractivity contribution in [1.29, 1.82) is 0 Å². The van der Waals surface area contributed by atoms with Crippen LogP contribution < -0.4 is 9.47 Å². The van der Waals surface area contributed by atoms with Gasteiger partial charge in [-0.2, -0.15) is 0 Å². The standard InChI is InChI=1S/C15H14BrNO4/c1-2-20-12-4-3-5-13(9-12)21-10-11-6-7-14(16)15(8-11)17(18)19/h3-9H,2,10H2,1H3. The number of nitrogens with zero attached hydrogens (tertiary/aromatic N) is 1. The Hall–Kier alpha value is -2.08. The molecule has 0 saturated heterocycles. The molecule has 0 aromatic heterocycles. The van der Waals surface area contributed by atoms with Gasteiger partial charge in [-0.15, -0.1) is 0 Å². The first-order chi connectivity index (χ1) is 10.1. The van der Waals surface area contributed by atoms with Gasteiger partial charge in [-0.05, 0) is 46.6 Å². The van der Waals surface area contributed by atoms with E-state index in [1.807, 2.05) is 25.1 Å². The van der Waals surface area contributed by atoms with Gasteiger partial charge in [0.1, 0.15) is 18.1 Å². The smallest absolute Gasteiger partial charge is 0.283 e. The molecule has 2 rings (SSSR count). The predicted molar refractivity (Wildman–Crippen MR) is 82.7 cm³/mol. The molecule has 0 spiro atoms. The van der Waals surface area contributed by atoms with Gasteiger partial charge in [-0.25, -0.2) is 0 Å². The van der Waals surface area contributed by atoms with Gasteiger partial charge in [-0.3, -0.25) is 10.1 Å². The molecule has 0 N–H and O–H groups in total. The molecule has 0 aliphatic rings. The number of nitro benzene ring substituents is 1. The Balaban J connectivity index is 2.07. The number of hydrogen-bond acceptors (Lipinski definition) is 4. The molecule has 0 aliphatic heterocycles. The quantitative estimate of drug-likeness (QED) is 0.573. The van der Waals surface area contributed by atoms with E-state index in [2.05, 4.69) is 15.9 Å². The van der Waals surface area contributed by atoms with E-state index >= 15 is 0 Å². The minimum atomic E-state index is -0.427. The fourth-order valence-electron chi connectivity index (χ4n) is 1.78. The third-order valence-electron chi connectivity index (χ3n) is 2.73. The highest BCUT2D eigenvalue weighted by atomic mass is 79.9. The van der Waals surface area contributed by atoms with Crippen LogP contribution in [-0.2, 0) is 6.61 Å². The normalized spacial score (nSPS) is 10.2. The van der Waals surface area contributed by atoms with Crippen molar-refractivity contribution in [1.82, 2.24) is 0 Å². The highest BCUT2D eigenvalue weighted by molar-refractivity contribution is 9.10. The summed E-state index contributed by atoms with van der Waals surface area (Å²) in [6.45, 7) is 2.75. The van der Waals surface area contributed by atoms with Crippen LogP contribution in [0.2, 0.25) is 0 Å². The van der Waals surface area contributed by atoms with Crippen LogP contribution in [-0.4, -0.2) is 11.5 Å². The number of ether oxygens (including phenoxy) is 2. The summed E-state index contributed by atoms with van der Waals surface area (Å²) < 4.78 is 11.5. The molecule has 0 aliphatic carbocycles. The van der Waals surface area contributed by atoms with E-state index in [0.29, 0.717) is 16.8 Å². The average molecular weight is 352 g/mol. The van der Waals surface area contributed by atoms with Gasteiger partial charge >= 0.3 is 0 Å². The van der Waals surface area contributed by atoms with Gasteiger partial charge in [0, 0.05) is 12.1 Å². The summed E-state index contributed by atoms with van der Waals surface area (Å²) in [7, 11) is 0. The van der Waals surface area contributed by atoms with E-state index in [1.165, 1.54) is 6.07 Å². The molecule has 0 heterocycles. The third-order valence-corrected chi connectivity index (χ3v) is 3.40. The third kappa shape index (κ3) is 4.19. The Morgan fingerprint density at radius 3 is 2.52 bits per heavy atom. The van der Waals surface area contributed by atoms with Crippen LogP contribution in [0.1, 0.15) is 12.5 Å². The topological polar surface area (TPSA) is 61.6 Å². The Bertz CT molecular complexity index is 645. The van der Waals surface area contributed by atoms with Crippen LogP contribution in [0.25, 0.3) is 0 Å². The number of benzene rings is 2. The summed E-state index contributed by atoms with van der Waals surface area (Å²) in [4.78, 5) is 10.5. The van der Waals surface area contributed by atoms with Crippen molar-refractivity contribution in [3.63, 3.8) is 0 Å². The van der Waals surface area contributed by atoms with Crippen molar-refractivity contribution in [2.45, 2.75) is 13.5 Å². The molecule has 0 saturated carbocycles. The molecule has 2 aromatic rings. The van der Waals surface area contributed by atoms with Crippen LogP contribution >= 0.6 is 15.9 Å². The van der Waals surface area contributed by atoms with Crippen molar-refractivity contribution in [2.24, 2.45) is 0 Å². The number of rotatable bonds is 6. The largest absolute Gasteiger partial charge is 0.494 e. The highest BCUT2D eigenvalue weighted by Gasteiger charge is 2.12. The Morgan fingerprint density at radius 2 is 1.86 bits per heavy atom. The second-order valence-corrected chi connectivity index (χ2v) is 5.09. The zero-order valence-corrected chi connectivity index (χ0v) is 13.0. The maximum absolute atomic E-state index is 10.9. The van der Waals surface area contributed by atoms with Crippen LogP contribution in [0.3, 0.4) is 0 Å². The van der Waals surface area contributed by atoms with Crippen molar-refractivity contribution < 1.29 is 14.4 Å². The van der Waals surface area contributed by atoms with Crippen LogP contribution in [0.15, 0.2) is 46.9 Å². The lowest BCUT2D eigenvalue weighted by molar-refractivity contribution is -0.385. The lowest BCUT2D eigenvalue weighted by atomic mass is 10.2. The summed E-state index contributed by atoms with van der Waals surface area (Å²) in [6, 6.07) is 12.2. The molecule has 0 unspecified atom stereocenters. The van der Waals surface area contributed by atoms with Crippen LogP contribution in [0, 0.1) is 10.1 Å². The highest BCUT2D eigenvalue weighted by Crippen LogP contribution is 2.26. The van der Waals surface area contributed by atoms with Crippen molar-refractivity contribution in [2.75, 3.05) is 6.61 Å². The second kappa shape index (κ2) is 7.08. The van der Waals surface area contributed by atoms with Gasteiger partial charge in [0.25, 0.3) is 5.69 Å². The van der Waals surface area contributed by atoms with Gasteiger partial charge in [0.05, 0.1) is 16.0 Å². The molecular formula is C15H14BrNO4. The first kappa shape index (κ1) is 15.3. The molecular weight excluding hydrogens is 338 g/mol. The van der Waals surface area contributed by atoms with E-state index in [0.717, 1.165) is 11.3 Å².